The molecule has 0 aliphatic heterocycles. The molecule has 0 fully saturated rings. The monoisotopic (exact) mass is 523 g/mol. The molecular formula is C28H30ClN3O5. The first-order valence-electron chi connectivity index (χ1n) is 11.9. The van der Waals surface area contributed by atoms with Crippen molar-refractivity contribution in [1.29, 1.82) is 0 Å². The standard InChI is InChI=1S/C28H30ClN3O5/c1-18-14-20(10-11-21(18)29)37-13-7-12-32-23-9-6-5-8-22(23)31-26(32)17-30-28(33)19-15-24(34-2)27(36-4)25(16-19)35-3/h5-6,8-11,14-16H,7,12-13,17H2,1-4H3,(H,30,33). The highest BCUT2D eigenvalue weighted by molar-refractivity contribution is 6.31. The molecule has 0 unspecified atom stereocenters. The predicted molar refractivity (Wildman–Crippen MR) is 143 cm³/mol. The molecule has 1 N–H and O–H groups in total. The van der Waals surface area contributed by atoms with Crippen LogP contribution in [-0.2, 0) is 13.1 Å². The molecule has 0 radical (unpaired) electrons. The third kappa shape index (κ3) is 5.91. The minimum absolute atomic E-state index is 0.251. The van der Waals surface area contributed by atoms with Gasteiger partial charge in [-0.25, -0.2) is 4.98 Å². The highest BCUT2D eigenvalue weighted by Gasteiger charge is 2.18. The maximum Gasteiger partial charge on any atom is 0.251 e. The number of ether oxygens (including phenoxy) is 4. The van der Waals surface area contributed by atoms with Gasteiger partial charge >= 0.3 is 0 Å². The van der Waals surface area contributed by atoms with Crippen molar-refractivity contribution < 1.29 is 23.7 Å². The van der Waals surface area contributed by atoms with E-state index in [1.165, 1.54) is 21.3 Å². The first-order valence-corrected chi connectivity index (χ1v) is 12.2. The third-order valence-corrected chi connectivity index (χ3v) is 6.42. The number of fused-ring (bicyclic) bond motifs is 1. The van der Waals surface area contributed by atoms with Crippen LogP contribution in [0, 0.1) is 6.92 Å². The Kier molecular flexibility index (Phi) is 8.40. The van der Waals surface area contributed by atoms with Gasteiger partial charge in [0, 0.05) is 17.1 Å². The molecule has 4 aromatic rings. The van der Waals surface area contributed by atoms with Crippen LogP contribution in [0.1, 0.15) is 28.2 Å². The summed E-state index contributed by atoms with van der Waals surface area (Å²) in [6, 6.07) is 16.8. The van der Waals surface area contributed by atoms with Gasteiger partial charge in [-0.1, -0.05) is 23.7 Å². The van der Waals surface area contributed by atoms with Crippen LogP contribution in [0.15, 0.2) is 54.6 Å². The van der Waals surface area contributed by atoms with E-state index < -0.39 is 0 Å². The lowest BCUT2D eigenvalue weighted by Crippen LogP contribution is -2.25. The van der Waals surface area contributed by atoms with E-state index in [0.29, 0.717) is 36.0 Å². The number of aromatic nitrogens is 2. The van der Waals surface area contributed by atoms with E-state index in [0.717, 1.165) is 39.6 Å². The van der Waals surface area contributed by atoms with Gasteiger partial charge in [0.05, 0.1) is 45.5 Å². The van der Waals surface area contributed by atoms with E-state index in [2.05, 4.69) is 9.88 Å². The molecule has 37 heavy (non-hydrogen) atoms. The number of carbonyl (C=O) groups is 1. The summed E-state index contributed by atoms with van der Waals surface area (Å²) >= 11 is 6.10. The number of nitrogens with one attached hydrogen (secondary N) is 1. The first-order chi connectivity index (χ1) is 17.9. The lowest BCUT2D eigenvalue weighted by atomic mass is 10.1. The van der Waals surface area contributed by atoms with Gasteiger partial charge in [0.2, 0.25) is 5.75 Å². The zero-order chi connectivity index (χ0) is 26.4. The van der Waals surface area contributed by atoms with Gasteiger partial charge in [-0.2, -0.15) is 0 Å². The van der Waals surface area contributed by atoms with E-state index in [9.17, 15) is 4.79 Å². The summed E-state index contributed by atoms with van der Waals surface area (Å²) in [7, 11) is 4.55. The lowest BCUT2D eigenvalue weighted by Gasteiger charge is -2.14. The van der Waals surface area contributed by atoms with Gasteiger partial charge in [-0.3, -0.25) is 4.79 Å². The molecule has 4 rings (SSSR count). The van der Waals surface area contributed by atoms with Crippen molar-refractivity contribution in [3.05, 3.63) is 76.6 Å². The van der Waals surface area contributed by atoms with Crippen molar-refractivity contribution in [3.63, 3.8) is 0 Å². The second kappa shape index (κ2) is 11.9. The number of aryl methyl sites for hydroxylation is 2. The van der Waals surface area contributed by atoms with Crippen LogP contribution in [0.25, 0.3) is 11.0 Å². The van der Waals surface area contributed by atoms with Gasteiger partial charge in [-0.15, -0.1) is 0 Å². The van der Waals surface area contributed by atoms with Crippen LogP contribution in [0.2, 0.25) is 5.02 Å². The molecule has 0 aliphatic carbocycles. The number of para-hydroxylation sites is 2. The molecule has 0 aliphatic rings. The highest BCUT2D eigenvalue weighted by Crippen LogP contribution is 2.38. The molecule has 0 spiro atoms. The van der Waals surface area contributed by atoms with Crippen molar-refractivity contribution in [2.45, 2.75) is 26.4 Å². The number of hydrogen-bond donors (Lipinski definition) is 1. The summed E-state index contributed by atoms with van der Waals surface area (Å²) < 4.78 is 24.1. The van der Waals surface area contributed by atoms with Gasteiger partial charge in [0.15, 0.2) is 11.5 Å². The van der Waals surface area contributed by atoms with Crippen LogP contribution in [0.4, 0.5) is 0 Å². The predicted octanol–water partition coefficient (Wildman–Crippen LogP) is 5.42. The second-order valence-corrected chi connectivity index (χ2v) is 8.79. The van der Waals surface area contributed by atoms with Crippen molar-refractivity contribution >= 4 is 28.5 Å². The fourth-order valence-electron chi connectivity index (χ4n) is 4.10. The molecule has 0 saturated carbocycles. The van der Waals surface area contributed by atoms with E-state index >= 15 is 0 Å². The van der Waals surface area contributed by atoms with Crippen LogP contribution in [0.5, 0.6) is 23.0 Å². The number of halogens is 1. The molecule has 3 aromatic carbocycles. The van der Waals surface area contributed by atoms with E-state index in [1.807, 2.05) is 49.4 Å². The highest BCUT2D eigenvalue weighted by atomic mass is 35.5. The van der Waals surface area contributed by atoms with Gasteiger partial charge in [-0.05, 0) is 61.4 Å². The summed E-state index contributed by atoms with van der Waals surface area (Å²) in [6.07, 6.45) is 0.760. The zero-order valence-electron chi connectivity index (χ0n) is 21.3. The third-order valence-electron chi connectivity index (χ3n) is 5.99. The number of rotatable bonds is 11. The lowest BCUT2D eigenvalue weighted by molar-refractivity contribution is 0.0948. The number of hydrogen-bond acceptors (Lipinski definition) is 6. The van der Waals surface area contributed by atoms with Crippen LogP contribution < -0.4 is 24.3 Å². The summed E-state index contributed by atoms with van der Waals surface area (Å²) in [6.45, 7) is 3.42. The van der Waals surface area contributed by atoms with Crippen molar-refractivity contribution in [2.24, 2.45) is 0 Å². The Hall–Kier alpha value is -3.91. The average Bonchev–Trinajstić information content (AvgIpc) is 3.27. The molecule has 0 atom stereocenters. The molecule has 8 nitrogen and oxygen atoms in total. The molecule has 1 heterocycles. The number of benzene rings is 3. The van der Waals surface area contributed by atoms with E-state index in [1.54, 1.807) is 12.1 Å². The Morgan fingerprint density at radius 3 is 2.41 bits per heavy atom. The molecule has 1 aromatic heterocycles. The number of carbonyl (C=O) groups excluding carboxylic acids is 1. The Morgan fingerprint density at radius 2 is 1.73 bits per heavy atom. The van der Waals surface area contributed by atoms with E-state index in [-0.39, 0.29) is 12.5 Å². The number of amides is 1. The zero-order valence-corrected chi connectivity index (χ0v) is 22.1. The number of imidazole rings is 1. The number of nitrogens with zero attached hydrogens (tertiary/aromatic N) is 2. The molecule has 1 amide bonds. The topological polar surface area (TPSA) is 83.8 Å². The van der Waals surface area contributed by atoms with Crippen LogP contribution >= 0.6 is 11.6 Å². The van der Waals surface area contributed by atoms with Crippen LogP contribution in [0.3, 0.4) is 0 Å². The molecule has 9 heteroatoms. The van der Waals surface area contributed by atoms with Crippen molar-refractivity contribution in [3.8, 4) is 23.0 Å². The fraction of sp³-hybridized carbons (Fsp3) is 0.286. The maximum atomic E-state index is 13.0. The Morgan fingerprint density at radius 1 is 1.00 bits per heavy atom. The maximum absolute atomic E-state index is 13.0. The minimum atomic E-state index is -0.278. The Labute approximate surface area is 221 Å². The summed E-state index contributed by atoms with van der Waals surface area (Å²) in [5.41, 5.74) is 3.24. The SMILES string of the molecule is COc1cc(C(=O)NCc2nc3ccccc3n2CCCOc2ccc(Cl)c(C)c2)cc(OC)c1OC. The van der Waals surface area contributed by atoms with E-state index in [4.69, 9.17) is 35.5 Å². The smallest absolute Gasteiger partial charge is 0.251 e. The molecule has 194 valence electrons. The summed E-state index contributed by atoms with van der Waals surface area (Å²) in [5, 5.41) is 3.68. The minimum Gasteiger partial charge on any atom is -0.494 e. The largest absolute Gasteiger partial charge is 0.494 e. The van der Waals surface area contributed by atoms with Crippen LogP contribution in [-0.4, -0.2) is 43.4 Å². The molecule has 0 bridgehead atoms. The summed E-state index contributed by atoms with van der Waals surface area (Å²) in [5.74, 6) is 2.52. The summed E-state index contributed by atoms with van der Waals surface area (Å²) in [4.78, 5) is 17.8. The van der Waals surface area contributed by atoms with Gasteiger partial charge < -0.3 is 28.8 Å². The second-order valence-electron chi connectivity index (χ2n) is 8.38. The quantitative estimate of drug-likeness (QED) is 0.264. The Balaban J connectivity index is 1.46. The van der Waals surface area contributed by atoms with Gasteiger partial charge in [0.25, 0.3) is 5.91 Å². The Bertz CT molecular complexity index is 1380. The first kappa shape index (κ1) is 26.2. The van der Waals surface area contributed by atoms with Crippen molar-refractivity contribution in [2.75, 3.05) is 27.9 Å². The average molecular weight is 524 g/mol. The number of methoxy groups -OCH3 is 3. The molecule has 0 saturated heterocycles. The van der Waals surface area contributed by atoms with Crippen molar-refractivity contribution in [1.82, 2.24) is 14.9 Å². The molecular weight excluding hydrogens is 494 g/mol. The fourth-order valence-corrected chi connectivity index (χ4v) is 4.22. The normalized spacial score (nSPS) is 10.8. The van der Waals surface area contributed by atoms with Gasteiger partial charge in [0.1, 0.15) is 11.6 Å².